The van der Waals surface area contributed by atoms with Gasteiger partial charge in [0.1, 0.15) is 0 Å². The van der Waals surface area contributed by atoms with Crippen molar-refractivity contribution in [2.45, 2.75) is 19.8 Å². The fourth-order valence-corrected chi connectivity index (χ4v) is 1.39. The van der Waals surface area contributed by atoms with Gasteiger partial charge in [0.15, 0.2) is 0 Å². The van der Waals surface area contributed by atoms with E-state index in [1.807, 2.05) is 11.8 Å². The summed E-state index contributed by atoms with van der Waals surface area (Å²) in [6.45, 7) is 4.73. The lowest BCUT2D eigenvalue weighted by Crippen LogP contribution is -2.03. The lowest BCUT2D eigenvalue weighted by atomic mass is 10.5. The predicted molar refractivity (Wildman–Crippen MR) is 52.1 cm³/mol. The zero-order valence-electron chi connectivity index (χ0n) is 7.34. The van der Waals surface area contributed by atoms with Crippen molar-refractivity contribution in [1.82, 2.24) is 0 Å². The van der Waals surface area contributed by atoms with Crippen LogP contribution in [0.15, 0.2) is 0 Å². The molecular weight excluding hydrogens is 158 g/mol. The standard InChI is InChI=1S/C8H19NOS/c1-2-5-10-6-3-7-11-8-4-9/h2-9H2,1H3. The average Bonchev–Trinajstić information content (AvgIpc) is 2.03. The van der Waals surface area contributed by atoms with Crippen molar-refractivity contribution in [3.63, 3.8) is 0 Å². The number of thioether (sulfide) groups is 1. The highest BCUT2D eigenvalue weighted by Gasteiger charge is 1.88. The van der Waals surface area contributed by atoms with Crippen molar-refractivity contribution in [3.05, 3.63) is 0 Å². The Bertz CT molecular complexity index is 63.1. The highest BCUT2D eigenvalue weighted by molar-refractivity contribution is 7.99. The van der Waals surface area contributed by atoms with E-state index in [1.54, 1.807) is 0 Å². The highest BCUT2D eigenvalue weighted by Crippen LogP contribution is 2.00. The number of nitrogens with two attached hydrogens (primary N) is 1. The quantitative estimate of drug-likeness (QED) is 0.571. The molecule has 0 aromatic heterocycles. The normalized spacial score (nSPS) is 10.4. The second kappa shape index (κ2) is 10.3. The first kappa shape index (κ1) is 11.3. The van der Waals surface area contributed by atoms with Gasteiger partial charge < -0.3 is 10.5 Å². The molecule has 2 nitrogen and oxygen atoms in total. The van der Waals surface area contributed by atoms with Gasteiger partial charge in [0.05, 0.1) is 0 Å². The van der Waals surface area contributed by atoms with Gasteiger partial charge >= 0.3 is 0 Å². The van der Waals surface area contributed by atoms with Crippen LogP contribution in [0.1, 0.15) is 19.8 Å². The lowest BCUT2D eigenvalue weighted by molar-refractivity contribution is 0.136. The fraction of sp³-hybridized carbons (Fsp3) is 1.00. The summed E-state index contributed by atoms with van der Waals surface area (Å²) >= 11 is 1.91. The molecule has 0 radical (unpaired) electrons. The molecule has 3 heteroatoms. The van der Waals surface area contributed by atoms with Gasteiger partial charge in [0, 0.05) is 25.5 Å². The van der Waals surface area contributed by atoms with Crippen LogP contribution in [0.3, 0.4) is 0 Å². The molecule has 0 spiro atoms. The van der Waals surface area contributed by atoms with Crippen molar-refractivity contribution in [3.8, 4) is 0 Å². The second-order valence-corrected chi connectivity index (χ2v) is 3.59. The van der Waals surface area contributed by atoms with Crippen LogP contribution in [0.4, 0.5) is 0 Å². The van der Waals surface area contributed by atoms with Gasteiger partial charge in [0.25, 0.3) is 0 Å². The second-order valence-electron chi connectivity index (χ2n) is 2.37. The maximum absolute atomic E-state index is 5.34. The average molecular weight is 177 g/mol. The smallest absolute Gasteiger partial charge is 0.0473 e. The first-order valence-electron chi connectivity index (χ1n) is 4.27. The van der Waals surface area contributed by atoms with Gasteiger partial charge in [-0.3, -0.25) is 0 Å². The molecular formula is C8H19NOS. The number of hydrogen-bond acceptors (Lipinski definition) is 3. The van der Waals surface area contributed by atoms with Crippen LogP contribution < -0.4 is 5.73 Å². The molecule has 0 aliphatic heterocycles. The Morgan fingerprint density at radius 2 is 2.09 bits per heavy atom. The van der Waals surface area contributed by atoms with Crippen LogP contribution in [0.5, 0.6) is 0 Å². The Morgan fingerprint density at radius 3 is 2.73 bits per heavy atom. The fourth-order valence-electron chi connectivity index (χ4n) is 0.695. The largest absolute Gasteiger partial charge is 0.381 e. The van der Waals surface area contributed by atoms with Crippen LogP contribution in [-0.4, -0.2) is 31.3 Å². The summed E-state index contributed by atoms with van der Waals surface area (Å²) in [4.78, 5) is 0. The summed E-state index contributed by atoms with van der Waals surface area (Å²) in [6, 6.07) is 0. The maximum atomic E-state index is 5.34. The van der Waals surface area contributed by atoms with Crippen molar-refractivity contribution >= 4 is 11.8 Å². The van der Waals surface area contributed by atoms with Gasteiger partial charge in [-0.25, -0.2) is 0 Å². The van der Waals surface area contributed by atoms with Crippen molar-refractivity contribution in [2.24, 2.45) is 5.73 Å². The molecule has 2 N–H and O–H groups in total. The molecule has 0 aromatic carbocycles. The monoisotopic (exact) mass is 177 g/mol. The van der Waals surface area contributed by atoms with Crippen molar-refractivity contribution < 1.29 is 4.74 Å². The molecule has 0 saturated carbocycles. The lowest BCUT2D eigenvalue weighted by Gasteiger charge is -2.01. The first-order chi connectivity index (χ1) is 5.41. The number of rotatable bonds is 8. The molecule has 0 aromatic rings. The summed E-state index contributed by atoms with van der Waals surface area (Å²) in [6.07, 6.45) is 2.28. The highest BCUT2D eigenvalue weighted by atomic mass is 32.2. The maximum Gasteiger partial charge on any atom is 0.0473 e. The summed E-state index contributed by atoms with van der Waals surface area (Å²) < 4.78 is 5.32. The third kappa shape index (κ3) is 10.3. The van der Waals surface area contributed by atoms with Gasteiger partial charge in [-0.15, -0.1) is 0 Å². The van der Waals surface area contributed by atoms with Gasteiger partial charge in [-0.1, -0.05) is 6.92 Å². The van der Waals surface area contributed by atoms with Crippen molar-refractivity contribution in [2.75, 3.05) is 31.3 Å². The minimum Gasteiger partial charge on any atom is -0.381 e. The van der Waals surface area contributed by atoms with Crippen molar-refractivity contribution in [1.29, 1.82) is 0 Å². The van der Waals surface area contributed by atoms with Crippen LogP contribution in [0.2, 0.25) is 0 Å². The molecule has 0 atom stereocenters. The van der Waals surface area contributed by atoms with E-state index in [1.165, 1.54) is 5.75 Å². The molecule has 0 aliphatic rings. The van der Waals surface area contributed by atoms with E-state index in [9.17, 15) is 0 Å². The molecule has 11 heavy (non-hydrogen) atoms. The Morgan fingerprint density at radius 1 is 1.27 bits per heavy atom. The molecule has 0 fully saturated rings. The van der Waals surface area contributed by atoms with E-state index in [0.29, 0.717) is 0 Å². The molecule has 0 amide bonds. The van der Waals surface area contributed by atoms with E-state index in [4.69, 9.17) is 10.5 Å². The molecule has 0 rings (SSSR count). The third-order valence-electron chi connectivity index (χ3n) is 1.19. The Kier molecular flexibility index (Phi) is 10.5. The summed E-state index contributed by atoms with van der Waals surface area (Å²) in [7, 11) is 0. The third-order valence-corrected chi connectivity index (χ3v) is 2.29. The minimum absolute atomic E-state index is 0.792. The molecule has 0 bridgehead atoms. The Hall–Kier alpha value is 0.270. The van der Waals surface area contributed by atoms with E-state index >= 15 is 0 Å². The summed E-state index contributed by atoms with van der Waals surface area (Å²) in [5, 5.41) is 0. The van der Waals surface area contributed by atoms with Crippen LogP contribution in [-0.2, 0) is 4.74 Å². The molecule has 68 valence electrons. The number of ether oxygens (including phenoxy) is 1. The molecule has 0 saturated heterocycles. The van der Waals surface area contributed by atoms with E-state index in [-0.39, 0.29) is 0 Å². The predicted octanol–water partition coefficient (Wildman–Crippen LogP) is 1.50. The Balaban J connectivity index is 2.69. The first-order valence-corrected chi connectivity index (χ1v) is 5.42. The SMILES string of the molecule is CCCOCCCSCCN. The minimum atomic E-state index is 0.792. The topological polar surface area (TPSA) is 35.2 Å². The van der Waals surface area contributed by atoms with E-state index < -0.39 is 0 Å². The van der Waals surface area contributed by atoms with Crippen LogP contribution >= 0.6 is 11.8 Å². The van der Waals surface area contributed by atoms with E-state index in [0.717, 1.165) is 38.4 Å². The van der Waals surface area contributed by atoms with Gasteiger partial charge in [-0.05, 0) is 18.6 Å². The molecule has 0 unspecified atom stereocenters. The summed E-state index contributed by atoms with van der Waals surface area (Å²) in [5.74, 6) is 2.26. The van der Waals surface area contributed by atoms with E-state index in [2.05, 4.69) is 6.92 Å². The zero-order chi connectivity index (χ0) is 8.36. The zero-order valence-corrected chi connectivity index (χ0v) is 8.16. The number of hydrogen-bond donors (Lipinski definition) is 1. The van der Waals surface area contributed by atoms with Gasteiger partial charge in [0.2, 0.25) is 0 Å². The van der Waals surface area contributed by atoms with Gasteiger partial charge in [-0.2, -0.15) is 11.8 Å². The summed E-state index contributed by atoms with van der Waals surface area (Å²) in [5.41, 5.74) is 5.34. The molecule has 0 aliphatic carbocycles. The Labute approximate surface area is 73.9 Å². The van der Waals surface area contributed by atoms with Crippen LogP contribution in [0.25, 0.3) is 0 Å². The molecule has 0 heterocycles. The van der Waals surface area contributed by atoms with Crippen LogP contribution in [0, 0.1) is 0 Å².